The predicted molar refractivity (Wildman–Crippen MR) is 73.6 cm³/mol. The number of carbonyl (C=O) groups is 1. The summed E-state index contributed by atoms with van der Waals surface area (Å²) in [6.07, 6.45) is 2.14. The summed E-state index contributed by atoms with van der Waals surface area (Å²) in [6.45, 7) is 3.81. The van der Waals surface area contributed by atoms with Crippen molar-refractivity contribution in [1.82, 2.24) is 10.6 Å². The third-order valence-electron chi connectivity index (χ3n) is 3.58. The van der Waals surface area contributed by atoms with E-state index in [1.165, 1.54) is 6.07 Å². The number of benzene rings is 1. The topological polar surface area (TPSA) is 53.2 Å². The fraction of sp³-hybridized carbons (Fsp3) is 0.500. The number of nitrogens with one attached hydrogen (secondary N) is 3. The molecule has 0 aliphatic carbocycles. The second-order valence-electron chi connectivity index (χ2n) is 5.12. The van der Waals surface area contributed by atoms with Crippen molar-refractivity contribution in [2.75, 3.05) is 18.4 Å². The molecule has 0 radical (unpaired) electrons. The molecule has 0 saturated carbocycles. The molecule has 0 spiro atoms. The molecule has 2 amide bonds. The molecule has 0 aromatic heterocycles. The van der Waals surface area contributed by atoms with Gasteiger partial charge >= 0.3 is 6.03 Å². The Kier molecular flexibility index (Phi) is 4.89. The molecular formula is C14H19F2N3O. The summed E-state index contributed by atoms with van der Waals surface area (Å²) in [7, 11) is 0. The van der Waals surface area contributed by atoms with Crippen LogP contribution in [0.4, 0.5) is 19.3 Å². The lowest BCUT2D eigenvalue weighted by Gasteiger charge is -2.28. The van der Waals surface area contributed by atoms with Crippen molar-refractivity contribution in [3.63, 3.8) is 0 Å². The van der Waals surface area contributed by atoms with Crippen molar-refractivity contribution in [3.8, 4) is 0 Å². The quantitative estimate of drug-likeness (QED) is 0.798. The Hall–Kier alpha value is -1.69. The largest absolute Gasteiger partial charge is 0.335 e. The van der Waals surface area contributed by atoms with Gasteiger partial charge in [0.05, 0.1) is 5.69 Å². The second-order valence-corrected chi connectivity index (χ2v) is 5.12. The Morgan fingerprint density at radius 1 is 1.45 bits per heavy atom. The first kappa shape index (κ1) is 14.7. The molecule has 1 aliphatic heterocycles. The normalized spacial score (nSPS) is 20.2. The number of piperidine rings is 1. The van der Waals surface area contributed by atoms with Gasteiger partial charge in [0.1, 0.15) is 11.6 Å². The van der Waals surface area contributed by atoms with Crippen LogP contribution in [0.3, 0.4) is 0 Å². The molecule has 1 fully saturated rings. The molecule has 4 nitrogen and oxygen atoms in total. The van der Waals surface area contributed by atoms with Crippen LogP contribution in [0.2, 0.25) is 0 Å². The van der Waals surface area contributed by atoms with Crippen LogP contribution in [0, 0.1) is 17.6 Å². The van der Waals surface area contributed by atoms with Gasteiger partial charge in [-0.1, -0.05) is 0 Å². The molecule has 6 heteroatoms. The van der Waals surface area contributed by atoms with Crippen molar-refractivity contribution in [2.45, 2.75) is 25.8 Å². The molecule has 1 saturated heterocycles. The number of anilines is 1. The number of amides is 2. The van der Waals surface area contributed by atoms with Gasteiger partial charge in [0.15, 0.2) is 0 Å². The van der Waals surface area contributed by atoms with E-state index in [4.69, 9.17) is 0 Å². The van der Waals surface area contributed by atoms with Crippen LogP contribution in [0.1, 0.15) is 19.8 Å². The zero-order valence-electron chi connectivity index (χ0n) is 11.4. The van der Waals surface area contributed by atoms with E-state index in [1.54, 1.807) is 0 Å². The maximum absolute atomic E-state index is 13.4. The Balaban J connectivity index is 1.88. The highest BCUT2D eigenvalue weighted by Gasteiger charge is 2.21. The van der Waals surface area contributed by atoms with Gasteiger partial charge in [-0.3, -0.25) is 0 Å². The van der Waals surface area contributed by atoms with Gasteiger partial charge in [-0.05, 0) is 50.9 Å². The van der Waals surface area contributed by atoms with E-state index in [9.17, 15) is 13.6 Å². The average Bonchev–Trinajstić information content (AvgIpc) is 2.43. The molecule has 20 heavy (non-hydrogen) atoms. The van der Waals surface area contributed by atoms with E-state index in [-0.39, 0.29) is 11.7 Å². The summed E-state index contributed by atoms with van der Waals surface area (Å²) in [6, 6.07) is 2.56. The Morgan fingerprint density at radius 2 is 2.25 bits per heavy atom. The standard InChI is InChI=1S/C14H19F2N3O/c1-9(10-3-2-6-17-8-10)18-14(20)19-13-5-4-11(15)7-12(13)16/h4-5,7,9-10,17H,2-3,6,8H2,1H3,(H2,18,19,20). The van der Waals surface area contributed by atoms with E-state index >= 15 is 0 Å². The third kappa shape index (κ3) is 3.90. The number of hydrogen-bond acceptors (Lipinski definition) is 2. The maximum atomic E-state index is 13.4. The fourth-order valence-corrected chi connectivity index (χ4v) is 2.38. The van der Waals surface area contributed by atoms with Crippen LogP contribution >= 0.6 is 0 Å². The van der Waals surface area contributed by atoms with Crippen LogP contribution < -0.4 is 16.0 Å². The van der Waals surface area contributed by atoms with Crippen LogP contribution in [-0.4, -0.2) is 25.2 Å². The van der Waals surface area contributed by atoms with Crippen molar-refractivity contribution >= 4 is 11.7 Å². The van der Waals surface area contributed by atoms with Crippen LogP contribution in [0.15, 0.2) is 18.2 Å². The SMILES string of the molecule is CC(NC(=O)Nc1ccc(F)cc1F)C1CCCNC1. The van der Waals surface area contributed by atoms with E-state index in [2.05, 4.69) is 16.0 Å². The molecule has 3 N–H and O–H groups in total. The lowest BCUT2D eigenvalue weighted by Crippen LogP contribution is -2.46. The van der Waals surface area contributed by atoms with Crippen LogP contribution in [0.5, 0.6) is 0 Å². The highest BCUT2D eigenvalue weighted by Crippen LogP contribution is 2.16. The van der Waals surface area contributed by atoms with Crippen molar-refractivity contribution in [1.29, 1.82) is 0 Å². The molecule has 1 aromatic rings. The van der Waals surface area contributed by atoms with Crippen molar-refractivity contribution in [2.24, 2.45) is 5.92 Å². The number of rotatable bonds is 3. The van der Waals surface area contributed by atoms with Crippen molar-refractivity contribution < 1.29 is 13.6 Å². The highest BCUT2D eigenvalue weighted by molar-refractivity contribution is 5.89. The summed E-state index contributed by atoms with van der Waals surface area (Å²) in [5, 5.41) is 8.47. The zero-order valence-corrected chi connectivity index (χ0v) is 11.4. The van der Waals surface area contributed by atoms with Crippen LogP contribution in [0.25, 0.3) is 0 Å². The van der Waals surface area contributed by atoms with Crippen molar-refractivity contribution in [3.05, 3.63) is 29.8 Å². The first-order chi connectivity index (χ1) is 9.56. The van der Waals surface area contributed by atoms with Crippen LogP contribution in [-0.2, 0) is 0 Å². The molecule has 1 heterocycles. The summed E-state index contributed by atoms with van der Waals surface area (Å²) in [4.78, 5) is 11.8. The highest BCUT2D eigenvalue weighted by atomic mass is 19.1. The Morgan fingerprint density at radius 3 is 2.90 bits per heavy atom. The third-order valence-corrected chi connectivity index (χ3v) is 3.58. The molecule has 110 valence electrons. The van der Waals surface area contributed by atoms with Gasteiger partial charge in [-0.2, -0.15) is 0 Å². The lowest BCUT2D eigenvalue weighted by atomic mass is 9.93. The molecule has 2 atom stereocenters. The molecule has 2 unspecified atom stereocenters. The number of halogens is 2. The Bertz CT molecular complexity index is 475. The maximum Gasteiger partial charge on any atom is 0.319 e. The molecule has 1 aromatic carbocycles. The van der Waals surface area contributed by atoms with E-state index in [0.29, 0.717) is 5.92 Å². The Labute approximate surface area is 116 Å². The number of carbonyl (C=O) groups excluding carboxylic acids is 1. The minimum absolute atomic E-state index is 0.00805. The first-order valence-electron chi connectivity index (χ1n) is 6.79. The summed E-state index contributed by atoms with van der Waals surface area (Å²) in [5.74, 6) is -1.09. The van der Waals surface area contributed by atoms with Gasteiger partial charge in [0, 0.05) is 12.1 Å². The van der Waals surface area contributed by atoms with E-state index < -0.39 is 17.7 Å². The van der Waals surface area contributed by atoms with Gasteiger partial charge in [-0.25, -0.2) is 13.6 Å². The predicted octanol–water partition coefficient (Wildman–Crippen LogP) is 2.47. The molecule has 2 rings (SSSR count). The van der Waals surface area contributed by atoms with Gasteiger partial charge < -0.3 is 16.0 Å². The van der Waals surface area contributed by atoms with Gasteiger partial charge in [0.2, 0.25) is 0 Å². The monoisotopic (exact) mass is 283 g/mol. The summed E-state index contributed by atoms with van der Waals surface area (Å²) < 4.78 is 26.2. The summed E-state index contributed by atoms with van der Waals surface area (Å²) in [5.41, 5.74) is -0.0298. The van der Waals surface area contributed by atoms with Gasteiger partial charge in [-0.15, -0.1) is 0 Å². The zero-order chi connectivity index (χ0) is 14.5. The van der Waals surface area contributed by atoms with E-state index in [1.807, 2.05) is 6.92 Å². The molecule has 1 aliphatic rings. The fourth-order valence-electron chi connectivity index (χ4n) is 2.38. The second kappa shape index (κ2) is 6.65. The van der Waals surface area contributed by atoms with Gasteiger partial charge in [0.25, 0.3) is 0 Å². The molecular weight excluding hydrogens is 264 g/mol. The number of hydrogen-bond donors (Lipinski definition) is 3. The lowest BCUT2D eigenvalue weighted by molar-refractivity contribution is 0.238. The minimum atomic E-state index is -0.785. The first-order valence-corrected chi connectivity index (χ1v) is 6.79. The van der Waals surface area contributed by atoms with E-state index in [0.717, 1.165) is 38.1 Å². The average molecular weight is 283 g/mol. The summed E-state index contributed by atoms with van der Waals surface area (Å²) >= 11 is 0. The molecule has 0 bridgehead atoms. The minimum Gasteiger partial charge on any atom is -0.335 e. The number of urea groups is 1. The smallest absolute Gasteiger partial charge is 0.319 e.